The van der Waals surface area contributed by atoms with Crippen molar-refractivity contribution in [1.82, 2.24) is 9.80 Å². The van der Waals surface area contributed by atoms with Crippen LogP contribution >= 0.6 is 0 Å². The second-order valence-electron chi connectivity index (χ2n) is 6.18. The van der Waals surface area contributed by atoms with Gasteiger partial charge in [0.25, 0.3) is 0 Å². The maximum absolute atomic E-state index is 11.6. The van der Waals surface area contributed by atoms with Gasteiger partial charge in [-0.25, -0.2) is 0 Å². The van der Waals surface area contributed by atoms with Crippen LogP contribution in [0.15, 0.2) is 0 Å². The highest BCUT2D eigenvalue weighted by Crippen LogP contribution is 2.35. The van der Waals surface area contributed by atoms with Crippen molar-refractivity contribution in [3.8, 4) is 0 Å². The fourth-order valence-electron chi connectivity index (χ4n) is 3.69. The maximum atomic E-state index is 11.6. The average molecular weight is 268 g/mol. The maximum Gasteiger partial charge on any atom is 0.310 e. The smallest absolute Gasteiger partial charge is 0.310 e. The van der Waals surface area contributed by atoms with Gasteiger partial charge in [-0.3, -0.25) is 9.69 Å². The highest BCUT2D eigenvalue weighted by Gasteiger charge is 2.42. The number of hydrogen-bond donors (Lipinski definition) is 1. The van der Waals surface area contributed by atoms with Gasteiger partial charge in [0.05, 0.1) is 5.41 Å². The largest absolute Gasteiger partial charge is 0.481 e. The van der Waals surface area contributed by atoms with Crippen LogP contribution in [0.4, 0.5) is 0 Å². The third kappa shape index (κ3) is 3.11. The molecule has 0 aromatic heterocycles. The van der Waals surface area contributed by atoms with Gasteiger partial charge >= 0.3 is 5.97 Å². The Hall–Kier alpha value is -0.610. The quantitative estimate of drug-likeness (QED) is 0.847. The van der Waals surface area contributed by atoms with E-state index in [9.17, 15) is 9.90 Å². The second kappa shape index (κ2) is 6.23. The fourth-order valence-corrected chi connectivity index (χ4v) is 3.69. The van der Waals surface area contributed by atoms with E-state index in [2.05, 4.69) is 16.7 Å². The Bertz CT molecular complexity index is 313. The molecule has 1 unspecified atom stereocenters. The van der Waals surface area contributed by atoms with Crippen LogP contribution < -0.4 is 0 Å². The molecule has 2 aliphatic heterocycles. The van der Waals surface area contributed by atoms with Crippen molar-refractivity contribution < 1.29 is 9.90 Å². The van der Waals surface area contributed by atoms with Gasteiger partial charge in [0, 0.05) is 12.6 Å². The van der Waals surface area contributed by atoms with Gasteiger partial charge in [0.1, 0.15) is 0 Å². The molecule has 0 saturated carbocycles. The summed E-state index contributed by atoms with van der Waals surface area (Å²) in [7, 11) is 0. The molecule has 110 valence electrons. The molecule has 0 amide bonds. The minimum absolute atomic E-state index is 0.486. The Morgan fingerprint density at radius 3 is 2.47 bits per heavy atom. The normalized spacial score (nSPS) is 31.5. The summed E-state index contributed by atoms with van der Waals surface area (Å²) in [5.41, 5.74) is -0.486. The molecule has 2 heterocycles. The number of carboxylic acids is 1. The molecule has 4 nitrogen and oxygen atoms in total. The lowest BCUT2D eigenvalue weighted by Gasteiger charge is -2.45. The van der Waals surface area contributed by atoms with E-state index < -0.39 is 11.4 Å². The van der Waals surface area contributed by atoms with E-state index in [-0.39, 0.29) is 0 Å². The molecule has 2 fully saturated rings. The van der Waals surface area contributed by atoms with E-state index in [4.69, 9.17) is 0 Å². The first-order valence-corrected chi connectivity index (χ1v) is 7.81. The molecule has 2 aliphatic rings. The Morgan fingerprint density at radius 1 is 1.26 bits per heavy atom. The monoisotopic (exact) mass is 268 g/mol. The van der Waals surface area contributed by atoms with Crippen molar-refractivity contribution in [3.05, 3.63) is 0 Å². The lowest BCUT2D eigenvalue weighted by Crippen LogP contribution is -2.53. The van der Waals surface area contributed by atoms with Gasteiger partial charge < -0.3 is 10.0 Å². The first-order chi connectivity index (χ1) is 9.11. The van der Waals surface area contributed by atoms with Gasteiger partial charge in [-0.2, -0.15) is 0 Å². The number of aliphatic carboxylic acids is 1. The van der Waals surface area contributed by atoms with Crippen LogP contribution in [-0.2, 0) is 4.79 Å². The highest BCUT2D eigenvalue weighted by molar-refractivity contribution is 5.75. The molecule has 1 N–H and O–H groups in total. The summed E-state index contributed by atoms with van der Waals surface area (Å²) in [5.74, 6) is -0.592. The third-order valence-corrected chi connectivity index (χ3v) is 5.26. The van der Waals surface area contributed by atoms with Crippen molar-refractivity contribution in [1.29, 1.82) is 0 Å². The predicted octanol–water partition coefficient (Wildman–Crippen LogP) is 2.05. The summed E-state index contributed by atoms with van der Waals surface area (Å²) in [6, 6.07) is 0.605. The summed E-state index contributed by atoms with van der Waals surface area (Å²) in [6.07, 6.45) is 5.05. The first kappa shape index (κ1) is 14.8. The number of piperidine rings is 2. The highest BCUT2D eigenvalue weighted by atomic mass is 16.4. The van der Waals surface area contributed by atoms with E-state index >= 15 is 0 Å². The molecular formula is C15H28N2O2. The molecule has 0 aliphatic carbocycles. The Labute approximate surface area is 116 Å². The number of likely N-dealkylation sites (tertiary alicyclic amines) is 2. The molecule has 4 heteroatoms. The average Bonchev–Trinajstić information content (AvgIpc) is 2.47. The standard InChI is InChI=1S/C15H28N2O2/c1-3-15(14(18)19)8-5-9-17(12-15)13-6-10-16(4-2)11-7-13/h13H,3-12H2,1-2H3,(H,18,19). The zero-order valence-corrected chi connectivity index (χ0v) is 12.4. The minimum Gasteiger partial charge on any atom is -0.481 e. The lowest BCUT2D eigenvalue weighted by atomic mass is 9.77. The molecule has 0 bridgehead atoms. The third-order valence-electron chi connectivity index (χ3n) is 5.26. The van der Waals surface area contributed by atoms with Gasteiger partial charge in [-0.15, -0.1) is 0 Å². The zero-order valence-electron chi connectivity index (χ0n) is 12.4. The number of rotatable bonds is 4. The number of carbonyl (C=O) groups is 1. The topological polar surface area (TPSA) is 43.8 Å². The molecule has 2 saturated heterocycles. The van der Waals surface area contributed by atoms with Crippen LogP contribution in [-0.4, -0.2) is 59.6 Å². The first-order valence-electron chi connectivity index (χ1n) is 7.81. The van der Waals surface area contributed by atoms with Crippen LogP contribution in [0.25, 0.3) is 0 Å². The van der Waals surface area contributed by atoms with E-state index in [1.54, 1.807) is 0 Å². The number of carboxylic acid groups (broad SMARTS) is 1. The van der Waals surface area contributed by atoms with Gasteiger partial charge in [-0.05, 0) is 58.3 Å². The predicted molar refractivity (Wildman–Crippen MR) is 76.3 cm³/mol. The Kier molecular flexibility index (Phi) is 4.85. The summed E-state index contributed by atoms with van der Waals surface area (Å²) >= 11 is 0. The van der Waals surface area contributed by atoms with E-state index in [1.165, 1.54) is 25.9 Å². The van der Waals surface area contributed by atoms with Gasteiger partial charge in [0.15, 0.2) is 0 Å². The number of hydrogen-bond acceptors (Lipinski definition) is 3. The Balaban J connectivity index is 1.96. The van der Waals surface area contributed by atoms with E-state index in [0.29, 0.717) is 6.04 Å². The molecule has 0 radical (unpaired) electrons. The van der Waals surface area contributed by atoms with E-state index in [1.807, 2.05) is 6.92 Å². The molecule has 0 aromatic carbocycles. The minimum atomic E-state index is -0.592. The van der Waals surface area contributed by atoms with Crippen molar-refractivity contribution in [3.63, 3.8) is 0 Å². The van der Waals surface area contributed by atoms with Crippen LogP contribution in [0.1, 0.15) is 46.0 Å². The Morgan fingerprint density at radius 2 is 1.95 bits per heavy atom. The van der Waals surface area contributed by atoms with E-state index in [0.717, 1.165) is 38.9 Å². The SMILES string of the molecule is CCN1CCC(N2CCCC(CC)(C(=O)O)C2)CC1. The molecule has 0 aromatic rings. The second-order valence-corrected chi connectivity index (χ2v) is 6.18. The lowest BCUT2D eigenvalue weighted by molar-refractivity contribution is -0.153. The molecule has 1 atom stereocenters. The van der Waals surface area contributed by atoms with Crippen molar-refractivity contribution in [2.45, 2.75) is 52.0 Å². The molecule has 0 spiro atoms. The summed E-state index contributed by atoms with van der Waals surface area (Å²) in [5, 5.41) is 9.55. The molecular weight excluding hydrogens is 240 g/mol. The van der Waals surface area contributed by atoms with Crippen molar-refractivity contribution in [2.75, 3.05) is 32.7 Å². The van der Waals surface area contributed by atoms with Crippen molar-refractivity contribution in [2.24, 2.45) is 5.41 Å². The van der Waals surface area contributed by atoms with Gasteiger partial charge in [-0.1, -0.05) is 13.8 Å². The summed E-state index contributed by atoms with van der Waals surface area (Å²) in [4.78, 5) is 16.6. The van der Waals surface area contributed by atoms with Crippen molar-refractivity contribution >= 4 is 5.97 Å². The number of nitrogens with zero attached hydrogens (tertiary/aromatic N) is 2. The van der Waals surface area contributed by atoms with Crippen LogP contribution in [0.5, 0.6) is 0 Å². The fraction of sp³-hybridized carbons (Fsp3) is 0.933. The summed E-state index contributed by atoms with van der Waals surface area (Å²) < 4.78 is 0. The molecule has 19 heavy (non-hydrogen) atoms. The van der Waals surface area contributed by atoms with Crippen LogP contribution in [0.2, 0.25) is 0 Å². The summed E-state index contributed by atoms with van der Waals surface area (Å²) in [6.45, 7) is 9.57. The van der Waals surface area contributed by atoms with Crippen LogP contribution in [0.3, 0.4) is 0 Å². The molecule has 2 rings (SSSR count). The zero-order chi connectivity index (χ0) is 13.9. The van der Waals surface area contributed by atoms with Gasteiger partial charge in [0.2, 0.25) is 0 Å². The van der Waals surface area contributed by atoms with Crippen LogP contribution in [0, 0.1) is 5.41 Å².